The number of rotatable bonds is 2. The van der Waals surface area contributed by atoms with Gasteiger partial charge in [0.1, 0.15) is 0 Å². The first kappa shape index (κ1) is 9.83. The Balaban J connectivity index is 2.56. The number of piperidine rings is 1. The fourth-order valence-corrected chi connectivity index (χ4v) is 1.67. The number of carboxylic acid groups (broad SMARTS) is 2. The minimum Gasteiger partial charge on any atom is -0.481 e. The number of nitrogens with zero attached hydrogens (tertiary/aromatic N) is 1. The lowest BCUT2D eigenvalue weighted by molar-refractivity contribution is -0.138. The van der Waals surface area contributed by atoms with Gasteiger partial charge in [0, 0.05) is 12.6 Å². The van der Waals surface area contributed by atoms with E-state index in [4.69, 9.17) is 10.2 Å². The van der Waals surface area contributed by atoms with Crippen molar-refractivity contribution in [1.29, 1.82) is 0 Å². The zero-order valence-corrected chi connectivity index (χ0v) is 7.27. The van der Waals surface area contributed by atoms with Crippen molar-refractivity contribution >= 4 is 12.1 Å². The van der Waals surface area contributed by atoms with Gasteiger partial charge >= 0.3 is 12.1 Å². The molecule has 0 radical (unpaired) electrons. The van der Waals surface area contributed by atoms with Crippen LogP contribution in [0, 0.1) is 0 Å². The van der Waals surface area contributed by atoms with Crippen LogP contribution < -0.4 is 0 Å². The quantitative estimate of drug-likeness (QED) is 0.675. The normalized spacial score (nSPS) is 22.8. The third kappa shape index (κ3) is 2.61. The van der Waals surface area contributed by atoms with Crippen molar-refractivity contribution in [3.05, 3.63) is 0 Å². The van der Waals surface area contributed by atoms with Crippen molar-refractivity contribution in [2.75, 3.05) is 6.54 Å². The zero-order chi connectivity index (χ0) is 9.84. The number of amides is 1. The van der Waals surface area contributed by atoms with Gasteiger partial charge in [-0.2, -0.15) is 0 Å². The maximum absolute atomic E-state index is 10.7. The Kier molecular flexibility index (Phi) is 3.11. The first-order valence-corrected chi connectivity index (χ1v) is 4.32. The van der Waals surface area contributed by atoms with Gasteiger partial charge in [-0.3, -0.25) is 4.79 Å². The Hall–Kier alpha value is -1.26. The molecule has 0 bridgehead atoms. The summed E-state index contributed by atoms with van der Waals surface area (Å²) in [6.45, 7) is 0.466. The summed E-state index contributed by atoms with van der Waals surface area (Å²) < 4.78 is 0. The van der Waals surface area contributed by atoms with E-state index in [1.807, 2.05) is 0 Å². The van der Waals surface area contributed by atoms with Crippen LogP contribution in [-0.4, -0.2) is 39.8 Å². The van der Waals surface area contributed by atoms with Crippen molar-refractivity contribution in [3.63, 3.8) is 0 Å². The van der Waals surface area contributed by atoms with Crippen molar-refractivity contribution < 1.29 is 19.8 Å². The van der Waals surface area contributed by atoms with E-state index in [1.54, 1.807) is 0 Å². The Morgan fingerprint density at radius 2 is 2.00 bits per heavy atom. The van der Waals surface area contributed by atoms with Crippen molar-refractivity contribution in [2.45, 2.75) is 31.7 Å². The van der Waals surface area contributed by atoms with Crippen molar-refractivity contribution in [3.8, 4) is 0 Å². The molecule has 0 aromatic heterocycles. The van der Waals surface area contributed by atoms with Crippen LogP contribution in [0.15, 0.2) is 0 Å². The second kappa shape index (κ2) is 4.11. The highest BCUT2D eigenvalue weighted by Gasteiger charge is 2.27. The molecule has 5 heteroatoms. The summed E-state index contributed by atoms with van der Waals surface area (Å²) in [7, 11) is 0. The molecule has 1 rings (SSSR count). The molecule has 0 aromatic rings. The minimum atomic E-state index is -1.01. The molecule has 1 saturated heterocycles. The molecule has 1 amide bonds. The summed E-state index contributed by atoms with van der Waals surface area (Å²) in [5, 5.41) is 17.3. The van der Waals surface area contributed by atoms with E-state index < -0.39 is 12.1 Å². The summed E-state index contributed by atoms with van der Waals surface area (Å²) in [5.74, 6) is -0.932. The van der Waals surface area contributed by atoms with E-state index in [-0.39, 0.29) is 12.5 Å². The van der Waals surface area contributed by atoms with Crippen LogP contribution in [-0.2, 0) is 4.79 Å². The molecular formula is C8H13NO4. The molecule has 5 nitrogen and oxygen atoms in total. The van der Waals surface area contributed by atoms with E-state index in [0.29, 0.717) is 13.0 Å². The summed E-state index contributed by atoms with van der Waals surface area (Å²) in [5.41, 5.74) is 0. The lowest BCUT2D eigenvalue weighted by atomic mass is 10.0. The van der Waals surface area contributed by atoms with E-state index in [2.05, 4.69) is 0 Å². The monoisotopic (exact) mass is 187 g/mol. The predicted molar refractivity (Wildman–Crippen MR) is 44.6 cm³/mol. The van der Waals surface area contributed by atoms with E-state index in [1.165, 1.54) is 4.90 Å². The molecule has 2 N–H and O–H groups in total. The van der Waals surface area contributed by atoms with Crippen LogP contribution in [0.25, 0.3) is 0 Å². The minimum absolute atomic E-state index is 0.0771. The largest absolute Gasteiger partial charge is 0.481 e. The molecule has 0 saturated carbocycles. The maximum Gasteiger partial charge on any atom is 0.407 e. The fourth-order valence-electron chi connectivity index (χ4n) is 1.67. The van der Waals surface area contributed by atoms with Crippen LogP contribution in [0.4, 0.5) is 4.79 Å². The molecule has 13 heavy (non-hydrogen) atoms. The summed E-state index contributed by atoms with van der Waals surface area (Å²) in [6, 6.07) is -0.330. The highest BCUT2D eigenvalue weighted by molar-refractivity contribution is 5.70. The molecule has 1 aliphatic rings. The highest BCUT2D eigenvalue weighted by Crippen LogP contribution is 2.19. The Morgan fingerprint density at radius 3 is 2.54 bits per heavy atom. The van der Waals surface area contributed by atoms with Gasteiger partial charge < -0.3 is 15.1 Å². The third-order valence-corrected chi connectivity index (χ3v) is 2.28. The van der Waals surface area contributed by atoms with Gasteiger partial charge in [0.05, 0.1) is 6.42 Å². The maximum atomic E-state index is 10.7. The van der Waals surface area contributed by atoms with Gasteiger partial charge in [-0.25, -0.2) is 4.79 Å². The molecule has 0 unspecified atom stereocenters. The summed E-state index contributed by atoms with van der Waals surface area (Å²) >= 11 is 0. The molecule has 1 atom stereocenters. The van der Waals surface area contributed by atoms with E-state index in [9.17, 15) is 9.59 Å². The van der Waals surface area contributed by atoms with Crippen LogP contribution in [0.1, 0.15) is 25.7 Å². The predicted octanol–water partition coefficient (Wildman–Crippen LogP) is 0.994. The fraction of sp³-hybridized carbons (Fsp3) is 0.750. The van der Waals surface area contributed by atoms with Crippen LogP contribution in [0.5, 0.6) is 0 Å². The number of likely N-dealkylation sites (tertiary alicyclic amines) is 1. The number of carboxylic acids is 1. The first-order chi connectivity index (χ1) is 6.11. The van der Waals surface area contributed by atoms with E-state index >= 15 is 0 Å². The smallest absolute Gasteiger partial charge is 0.407 e. The van der Waals surface area contributed by atoms with Gasteiger partial charge in [0.25, 0.3) is 0 Å². The third-order valence-electron chi connectivity index (χ3n) is 2.28. The average Bonchev–Trinajstić information content (AvgIpc) is 2.03. The number of hydrogen-bond donors (Lipinski definition) is 2. The van der Waals surface area contributed by atoms with Gasteiger partial charge in [-0.15, -0.1) is 0 Å². The second-order valence-corrected chi connectivity index (χ2v) is 3.22. The molecule has 1 fully saturated rings. The topological polar surface area (TPSA) is 77.8 Å². The van der Waals surface area contributed by atoms with Crippen molar-refractivity contribution in [1.82, 2.24) is 4.90 Å². The molecule has 1 aliphatic heterocycles. The number of carbonyl (C=O) groups is 2. The molecule has 1 heterocycles. The molecular weight excluding hydrogens is 174 g/mol. The summed E-state index contributed by atoms with van der Waals surface area (Å²) in [4.78, 5) is 22.3. The van der Waals surface area contributed by atoms with E-state index in [0.717, 1.165) is 12.8 Å². The SMILES string of the molecule is O=C(O)C[C@@H]1CCCCN1C(=O)O. The molecule has 0 spiro atoms. The van der Waals surface area contributed by atoms with Crippen LogP contribution in [0.3, 0.4) is 0 Å². The Morgan fingerprint density at radius 1 is 1.31 bits per heavy atom. The van der Waals surface area contributed by atoms with Gasteiger partial charge in [0.15, 0.2) is 0 Å². The Labute approximate surface area is 76.0 Å². The van der Waals surface area contributed by atoms with Crippen LogP contribution >= 0.6 is 0 Å². The van der Waals surface area contributed by atoms with Gasteiger partial charge in [0.2, 0.25) is 0 Å². The average molecular weight is 187 g/mol. The molecule has 74 valence electrons. The van der Waals surface area contributed by atoms with Crippen LogP contribution in [0.2, 0.25) is 0 Å². The Bertz CT molecular complexity index is 216. The number of hydrogen-bond acceptors (Lipinski definition) is 2. The molecule has 0 aromatic carbocycles. The number of aliphatic carboxylic acids is 1. The second-order valence-electron chi connectivity index (χ2n) is 3.22. The lowest BCUT2D eigenvalue weighted by Gasteiger charge is -2.32. The zero-order valence-electron chi connectivity index (χ0n) is 7.27. The standard InChI is InChI=1S/C8H13NO4/c10-7(11)5-6-3-1-2-4-9(6)8(12)13/h6H,1-5H2,(H,10,11)(H,12,13)/t6-/m0/s1. The lowest BCUT2D eigenvalue weighted by Crippen LogP contribution is -2.43. The highest BCUT2D eigenvalue weighted by atomic mass is 16.4. The van der Waals surface area contributed by atoms with Crippen molar-refractivity contribution in [2.24, 2.45) is 0 Å². The summed E-state index contributed by atoms with van der Waals surface area (Å²) in [6.07, 6.45) is 1.33. The molecule has 0 aliphatic carbocycles. The first-order valence-electron chi connectivity index (χ1n) is 4.32. The van der Waals surface area contributed by atoms with Gasteiger partial charge in [-0.05, 0) is 19.3 Å². The van der Waals surface area contributed by atoms with Gasteiger partial charge in [-0.1, -0.05) is 0 Å².